The van der Waals surface area contributed by atoms with Gasteiger partial charge >= 0.3 is 0 Å². The van der Waals surface area contributed by atoms with Crippen molar-refractivity contribution >= 4 is 82.4 Å². The van der Waals surface area contributed by atoms with Gasteiger partial charge in [-0.3, -0.25) is 0 Å². The lowest BCUT2D eigenvalue weighted by atomic mass is 9.89. The summed E-state index contributed by atoms with van der Waals surface area (Å²) < 4.78 is 4.96. The second-order valence-electron chi connectivity index (χ2n) is 14.9. The molecule has 0 saturated carbocycles. The van der Waals surface area contributed by atoms with Gasteiger partial charge in [0.15, 0.2) is 6.17 Å². The molecule has 4 heterocycles. The molecular weight excluding hydrogens is 733 g/mol. The van der Waals surface area contributed by atoms with Crippen molar-refractivity contribution in [1.82, 2.24) is 9.88 Å². The largest absolute Gasteiger partial charge is 0.324 e. The SMILES string of the molecule is C1=CC2c3cc(-c4cccc5c4sc4c(C6=NC(c7ccccc7)N=C(c7ccccc7)N6)cccc45)ccc3SC2C=C1n1c2ccccc2c2ccccc21. The van der Waals surface area contributed by atoms with E-state index in [2.05, 4.69) is 180 Å². The molecule has 0 radical (unpaired) electrons. The summed E-state index contributed by atoms with van der Waals surface area (Å²) in [5.41, 5.74) is 10.9. The van der Waals surface area contributed by atoms with Crippen LogP contribution in [-0.4, -0.2) is 21.5 Å². The molecule has 2 aromatic heterocycles. The first-order chi connectivity index (χ1) is 28.2. The van der Waals surface area contributed by atoms with Gasteiger partial charge in [-0.05, 0) is 64.7 Å². The minimum absolute atomic E-state index is 0.323. The summed E-state index contributed by atoms with van der Waals surface area (Å²) in [4.78, 5) is 11.7. The van der Waals surface area contributed by atoms with Crippen molar-refractivity contribution in [1.29, 1.82) is 0 Å². The second-order valence-corrected chi connectivity index (χ2v) is 17.1. The van der Waals surface area contributed by atoms with Gasteiger partial charge in [-0.15, -0.1) is 23.1 Å². The summed E-state index contributed by atoms with van der Waals surface area (Å²) in [6.45, 7) is 0. The maximum absolute atomic E-state index is 5.24. The minimum Gasteiger partial charge on any atom is -0.324 e. The quantitative estimate of drug-likeness (QED) is 0.190. The first-order valence-corrected chi connectivity index (χ1v) is 21.1. The summed E-state index contributed by atoms with van der Waals surface area (Å²) in [6, 6.07) is 58.8. The van der Waals surface area contributed by atoms with Crippen LogP contribution in [0.4, 0.5) is 0 Å². The van der Waals surface area contributed by atoms with Gasteiger partial charge in [-0.2, -0.15) is 0 Å². The summed E-state index contributed by atoms with van der Waals surface area (Å²) in [5.74, 6) is 1.99. The lowest BCUT2D eigenvalue weighted by Gasteiger charge is -2.22. The van der Waals surface area contributed by atoms with Crippen LogP contribution in [-0.2, 0) is 0 Å². The van der Waals surface area contributed by atoms with Crippen LogP contribution in [0.1, 0.15) is 34.3 Å². The Bertz CT molecular complexity index is 3150. The van der Waals surface area contributed by atoms with Crippen molar-refractivity contribution in [3.05, 3.63) is 204 Å². The number of benzene rings is 7. The predicted molar refractivity (Wildman–Crippen MR) is 242 cm³/mol. The molecule has 9 aromatic rings. The Morgan fingerprint density at radius 1 is 0.544 bits per heavy atom. The molecule has 6 heteroatoms. The van der Waals surface area contributed by atoms with E-state index in [1.807, 2.05) is 35.2 Å². The van der Waals surface area contributed by atoms with Crippen molar-refractivity contribution in [2.24, 2.45) is 9.98 Å². The fraction of sp³-hybridized carbons (Fsp3) is 0.0588. The van der Waals surface area contributed by atoms with Crippen LogP contribution in [0.2, 0.25) is 0 Å². The highest BCUT2D eigenvalue weighted by Crippen LogP contribution is 2.51. The molecule has 12 rings (SSSR count). The van der Waals surface area contributed by atoms with Crippen LogP contribution in [0, 0.1) is 0 Å². The smallest absolute Gasteiger partial charge is 0.169 e. The molecule has 3 atom stereocenters. The number of nitrogens with zero attached hydrogens (tertiary/aromatic N) is 3. The van der Waals surface area contributed by atoms with E-state index in [9.17, 15) is 0 Å². The average Bonchev–Trinajstić information content (AvgIpc) is 3.96. The number of allylic oxidation sites excluding steroid dienone is 3. The lowest BCUT2D eigenvalue weighted by molar-refractivity contribution is 0.756. The van der Waals surface area contributed by atoms with E-state index in [0.717, 1.165) is 28.4 Å². The van der Waals surface area contributed by atoms with E-state index in [1.165, 1.54) is 69.3 Å². The topological polar surface area (TPSA) is 41.7 Å². The first-order valence-electron chi connectivity index (χ1n) is 19.4. The Labute approximate surface area is 338 Å². The molecule has 0 saturated heterocycles. The third-order valence-corrected chi connectivity index (χ3v) is 14.2. The zero-order valence-corrected chi connectivity index (χ0v) is 32.3. The third kappa shape index (κ3) is 5.28. The number of rotatable bonds is 5. The van der Waals surface area contributed by atoms with Crippen LogP contribution in [0.25, 0.3) is 58.8 Å². The lowest BCUT2D eigenvalue weighted by Crippen LogP contribution is -2.36. The van der Waals surface area contributed by atoms with Gasteiger partial charge in [-0.1, -0.05) is 140 Å². The van der Waals surface area contributed by atoms with Gasteiger partial charge in [0.25, 0.3) is 0 Å². The van der Waals surface area contributed by atoms with Crippen molar-refractivity contribution < 1.29 is 0 Å². The molecular formula is C51H34N4S2. The maximum Gasteiger partial charge on any atom is 0.169 e. The minimum atomic E-state index is -0.340. The van der Waals surface area contributed by atoms with Gasteiger partial charge in [0.05, 0.1) is 11.0 Å². The first kappa shape index (κ1) is 32.7. The molecule has 0 fully saturated rings. The Morgan fingerprint density at radius 3 is 1.93 bits per heavy atom. The third-order valence-electron chi connectivity index (χ3n) is 11.6. The molecule has 3 unspecified atom stereocenters. The number of fused-ring (bicyclic) bond motifs is 9. The molecule has 0 spiro atoms. The Balaban J connectivity index is 0.921. The van der Waals surface area contributed by atoms with Gasteiger partial charge in [0.1, 0.15) is 11.7 Å². The Kier molecular flexibility index (Phi) is 7.50. The number of nitrogens with one attached hydrogen (secondary N) is 1. The monoisotopic (exact) mass is 766 g/mol. The number of thioether (sulfide) groups is 1. The predicted octanol–water partition coefficient (Wildman–Crippen LogP) is 13.0. The van der Waals surface area contributed by atoms with E-state index < -0.39 is 0 Å². The summed E-state index contributed by atoms with van der Waals surface area (Å²) in [6.07, 6.45) is 6.93. The van der Waals surface area contributed by atoms with E-state index in [-0.39, 0.29) is 6.17 Å². The zero-order chi connectivity index (χ0) is 37.5. The fourth-order valence-electron chi connectivity index (χ4n) is 8.95. The van der Waals surface area contributed by atoms with Crippen molar-refractivity contribution in [3.63, 3.8) is 0 Å². The van der Waals surface area contributed by atoms with Crippen molar-refractivity contribution in [2.75, 3.05) is 0 Å². The van der Waals surface area contributed by atoms with E-state index in [0.29, 0.717) is 11.2 Å². The van der Waals surface area contributed by atoms with Gasteiger partial charge < -0.3 is 9.88 Å². The van der Waals surface area contributed by atoms with Crippen LogP contribution < -0.4 is 5.32 Å². The van der Waals surface area contributed by atoms with Crippen LogP contribution in [0.3, 0.4) is 0 Å². The Morgan fingerprint density at radius 2 is 1.18 bits per heavy atom. The van der Waals surface area contributed by atoms with Crippen LogP contribution >= 0.6 is 23.1 Å². The highest BCUT2D eigenvalue weighted by atomic mass is 32.2. The number of hydrogen-bond acceptors (Lipinski definition) is 5. The van der Waals surface area contributed by atoms with Crippen LogP contribution in [0.15, 0.2) is 197 Å². The normalized spacial score (nSPS) is 18.7. The van der Waals surface area contributed by atoms with Gasteiger partial charge in [-0.25, -0.2) is 9.98 Å². The number of thiophene rings is 1. The van der Waals surface area contributed by atoms with E-state index in [4.69, 9.17) is 9.98 Å². The molecule has 270 valence electrons. The molecule has 7 aromatic carbocycles. The number of hydrogen-bond donors (Lipinski definition) is 1. The average molecular weight is 767 g/mol. The molecule has 0 amide bonds. The molecule has 3 aliphatic rings. The summed E-state index contributed by atoms with van der Waals surface area (Å²) in [7, 11) is 0. The number of para-hydroxylation sites is 2. The van der Waals surface area contributed by atoms with E-state index >= 15 is 0 Å². The zero-order valence-electron chi connectivity index (χ0n) is 30.7. The molecule has 4 nitrogen and oxygen atoms in total. The molecule has 0 bridgehead atoms. The second kappa shape index (κ2) is 13.1. The highest BCUT2D eigenvalue weighted by Gasteiger charge is 2.33. The Hall–Kier alpha value is -6.47. The molecule has 1 aliphatic carbocycles. The van der Waals surface area contributed by atoms with Gasteiger partial charge in [0.2, 0.25) is 0 Å². The fourth-order valence-corrected chi connectivity index (χ4v) is 11.7. The number of aromatic nitrogens is 1. The summed E-state index contributed by atoms with van der Waals surface area (Å²) >= 11 is 3.85. The maximum atomic E-state index is 5.24. The van der Waals surface area contributed by atoms with Crippen LogP contribution in [0.5, 0.6) is 0 Å². The highest BCUT2D eigenvalue weighted by molar-refractivity contribution is 8.00. The molecule has 1 N–H and O–H groups in total. The molecule has 57 heavy (non-hydrogen) atoms. The summed E-state index contributed by atoms with van der Waals surface area (Å²) in [5, 5.41) is 9.09. The van der Waals surface area contributed by atoms with Gasteiger partial charge in [0, 0.05) is 63.8 Å². The standard InChI is InChI=1S/C51H34N4S2/c1-3-13-31(14-4-1)49-52-50(32-15-5-2-6-16-32)54-51(53-49)41-22-12-21-40-39-20-11-19-35(47(39)57-48(40)41)33-25-28-45-42(29-33)38-27-26-34(30-46(38)56-45)55-43-23-9-7-17-36(43)37-18-8-10-24-44(37)55/h1-30,38,46,49H,(H,52,53,54). The number of aliphatic imine (C=N–C) groups is 2. The van der Waals surface area contributed by atoms with Crippen molar-refractivity contribution in [3.8, 4) is 11.1 Å². The molecule has 2 aliphatic heterocycles. The van der Waals surface area contributed by atoms with E-state index in [1.54, 1.807) is 0 Å². The number of amidine groups is 2. The van der Waals surface area contributed by atoms with Crippen molar-refractivity contribution in [2.45, 2.75) is 22.2 Å².